The minimum Gasteiger partial charge on any atom is -0.750 e. The molecule has 1 aromatic carbocycles. The minimum atomic E-state index is -2.86. The van der Waals surface area contributed by atoms with Crippen molar-refractivity contribution in [3.05, 3.63) is 24.3 Å². The maximum Gasteiger partial charge on any atom is 1.00 e. The molecule has 1 unspecified atom stereocenters. The Balaban J connectivity index is 0. The van der Waals surface area contributed by atoms with Gasteiger partial charge in [0.1, 0.15) is 11.5 Å². The first-order chi connectivity index (χ1) is 5.52. The first-order valence-corrected chi connectivity index (χ1v) is 3.82. The molecule has 1 rings (SSSR count). The van der Waals surface area contributed by atoms with Gasteiger partial charge in [0.25, 0.3) is 0 Å². The summed E-state index contributed by atoms with van der Waals surface area (Å²) in [6, 6.07) is 5.70. The van der Waals surface area contributed by atoms with Gasteiger partial charge >= 0.3 is 29.6 Å². The molecule has 68 valence electrons. The molecule has 0 saturated carbocycles. The van der Waals surface area contributed by atoms with Crippen LogP contribution in [-0.2, 0) is 11.4 Å². The van der Waals surface area contributed by atoms with Gasteiger partial charge in [-0.05, 0) is 24.3 Å². The summed E-state index contributed by atoms with van der Waals surface area (Å²) in [5, 5.41) is 17.3. The maximum atomic E-state index is 8.65. The van der Waals surface area contributed by atoms with E-state index in [1.165, 1.54) is 24.3 Å². The van der Waals surface area contributed by atoms with Gasteiger partial charge in [-0.2, -0.15) is 0 Å². The van der Waals surface area contributed by atoms with Gasteiger partial charge in [0.15, 0.2) is 0 Å². The molecule has 0 heterocycles. The van der Waals surface area contributed by atoms with E-state index in [1.54, 1.807) is 0 Å². The molecular formula is C6H7NaO5S. The zero-order valence-electron chi connectivity index (χ0n) is 6.88. The molecular weight excluding hydrogens is 207 g/mol. The van der Waals surface area contributed by atoms with Crippen molar-refractivity contribution in [3.63, 3.8) is 0 Å². The predicted molar refractivity (Wildman–Crippen MR) is 41.3 cm³/mol. The molecule has 0 spiro atoms. The monoisotopic (exact) mass is 214 g/mol. The van der Waals surface area contributed by atoms with Crippen LogP contribution in [0.4, 0.5) is 0 Å². The van der Waals surface area contributed by atoms with Crippen molar-refractivity contribution in [2.24, 2.45) is 0 Å². The van der Waals surface area contributed by atoms with Gasteiger partial charge in [0.05, 0.1) is 11.4 Å². The third kappa shape index (κ3) is 11.9. The number of rotatable bonds is 0. The predicted octanol–water partition coefficient (Wildman–Crippen LogP) is -2.56. The standard InChI is InChI=1S/C6H6O2.Na.H2O3S/c7-5-1-2-6(8)4-3-5;;1-4(2)3/h1-4,7-8H;;(H2,1,2,3)/q;+1;/p-1. The normalized spacial score (nSPS) is 10.3. The molecule has 0 saturated heterocycles. The van der Waals surface area contributed by atoms with Crippen LogP contribution in [-0.4, -0.2) is 23.5 Å². The molecule has 0 amide bonds. The van der Waals surface area contributed by atoms with Gasteiger partial charge in [-0.15, -0.1) is 0 Å². The van der Waals surface area contributed by atoms with Crippen LogP contribution in [0.5, 0.6) is 11.5 Å². The first-order valence-electron chi connectivity index (χ1n) is 2.78. The number of phenols is 2. The molecule has 0 aromatic heterocycles. The van der Waals surface area contributed by atoms with Crippen LogP contribution in [0.3, 0.4) is 0 Å². The summed E-state index contributed by atoms with van der Waals surface area (Å²) in [4.78, 5) is 0. The fourth-order valence-electron chi connectivity index (χ4n) is 0.453. The largest absolute Gasteiger partial charge is 1.00 e. The quantitative estimate of drug-likeness (QED) is 0.250. The molecule has 1 aromatic rings. The van der Waals surface area contributed by atoms with E-state index in [0.29, 0.717) is 0 Å². The summed E-state index contributed by atoms with van der Waals surface area (Å²) in [6.07, 6.45) is 0. The van der Waals surface area contributed by atoms with Crippen LogP contribution in [0.15, 0.2) is 24.3 Å². The number of aromatic hydroxyl groups is 2. The van der Waals surface area contributed by atoms with Gasteiger partial charge in [0.2, 0.25) is 0 Å². The fourth-order valence-corrected chi connectivity index (χ4v) is 0.453. The van der Waals surface area contributed by atoms with Crippen molar-refractivity contribution in [1.82, 2.24) is 0 Å². The Labute approximate surface area is 99.8 Å². The molecule has 0 fully saturated rings. The molecule has 5 nitrogen and oxygen atoms in total. The summed E-state index contributed by atoms with van der Waals surface area (Å²) in [5.41, 5.74) is 0. The molecule has 0 bridgehead atoms. The second-order valence-corrected chi connectivity index (χ2v) is 2.17. The summed E-state index contributed by atoms with van der Waals surface area (Å²) < 4.78 is 24.1. The summed E-state index contributed by atoms with van der Waals surface area (Å²) in [6.45, 7) is 0. The minimum absolute atomic E-state index is 0. The average Bonchev–Trinajstić information content (AvgIpc) is 1.94. The molecule has 0 aliphatic carbocycles. The van der Waals surface area contributed by atoms with E-state index in [4.69, 9.17) is 23.5 Å². The molecule has 7 heteroatoms. The van der Waals surface area contributed by atoms with E-state index in [-0.39, 0.29) is 41.1 Å². The van der Waals surface area contributed by atoms with Gasteiger partial charge in [-0.1, -0.05) is 0 Å². The smallest absolute Gasteiger partial charge is 0.750 e. The Bertz CT molecular complexity index is 225. The summed E-state index contributed by atoms with van der Waals surface area (Å²) >= 11 is -2.86. The van der Waals surface area contributed by atoms with Crippen molar-refractivity contribution in [1.29, 1.82) is 0 Å². The van der Waals surface area contributed by atoms with Crippen molar-refractivity contribution in [2.75, 3.05) is 0 Å². The van der Waals surface area contributed by atoms with Crippen LogP contribution in [0.1, 0.15) is 0 Å². The van der Waals surface area contributed by atoms with Crippen LogP contribution < -0.4 is 29.6 Å². The van der Waals surface area contributed by atoms with E-state index in [2.05, 4.69) is 0 Å². The van der Waals surface area contributed by atoms with Crippen LogP contribution >= 0.6 is 0 Å². The SMILES string of the molecule is O=S([O-])O.Oc1ccc(O)cc1.[Na+]. The zero-order valence-corrected chi connectivity index (χ0v) is 9.69. The van der Waals surface area contributed by atoms with Gasteiger partial charge < -0.3 is 19.3 Å². The average molecular weight is 214 g/mol. The Kier molecular flexibility index (Phi) is 10.0. The van der Waals surface area contributed by atoms with Crippen molar-refractivity contribution >= 4 is 11.4 Å². The van der Waals surface area contributed by atoms with Crippen molar-refractivity contribution in [3.8, 4) is 11.5 Å². The van der Waals surface area contributed by atoms with Crippen LogP contribution in [0.2, 0.25) is 0 Å². The Morgan fingerprint density at radius 3 is 1.38 bits per heavy atom. The molecule has 13 heavy (non-hydrogen) atoms. The van der Waals surface area contributed by atoms with E-state index in [0.717, 1.165) is 0 Å². The fraction of sp³-hybridized carbons (Fsp3) is 0. The topological polar surface area (TPSA) is 101 Å². The second-order valence-electron chi connectivity index (χ2n) is 1.73. The van der Waals surface area contributed by atoms with Crippen molar-refractivity contribution < 1.29 is 53.1 Å². The summed E-state index contributed by atoms with van der Waals surface area (Å²) in [5.74, 6) is 0.339. The van der Waals surface area contributed by atoms with Crippen LogP contribution in [0, 0.1) is 0 Å². The van der Waals surface area contributed by atoms with Crippen LogP contribution in [0.25, 0.3) is 0 Å². The number of hydrogen-bond donors (Lipinski definition) is 3. The van der Waals surface area contributed by atoms with E-state index >= 15 is 0 Å². The Hall–Kier alpha value is -0.110. The number of benzene rings is 1. The van der Waals surface area contributed by atoms with Gasteiger partial charge in [0, 0.05) is 0 Å². The third-order valence-corrected chi connectivity index (χ3v) is 0.850. The second kappa shape index (κ2) is 8.49. The maximum absolute atomic E-state index is 8.65. The molecule has 3 N–H and O–H groups in total. The number of hydrogen-bond acceptors (Lipinski definition) is 4. The summed E-state index contributed by atoms with van der Waals surface area (Å²) in [7, 11) is 0. The van der Waals surface area contributed by atoms with Crippen molar-refractivity contribution in [2.45, 2.75) is 0 Å². The van der Waals surface area contributed by atoms with E-state index in [9.17, 15) is 0 Å². The van der Waals surface area contributed by atoms with E-state index in [1.807, 2.05) is 0 Å². The zero-order chi connectivity index (χ0) is 9.56. The Morgan fingerprint density at radius 2 is 1.23 bits per heavy atom. The first kappa shape index (κ1) is 15.4. The third-order valence-electron chi connectivity index (χ3n) is 0.850. The van der Waals surface area contributed by atoms with Gasteiger partial charge in [-0.25, -0.2) is 4.21 Å². The van der Waals surface area contributed by atoms with E-state index < -0.39 is 11.4 Å². The van der Waals surface area contributed by atoms with Gasteiger partial charge in [-0.3, -0.25) is 0 Å². The molecule has 1 atom stereocenters. The molecule has 0 radical (unpaired) electrons. The number of phenolic OH excluding ortho intramolecular Hbond substituents is 2. The Morgan fingerprint density at radius 1 is 1.08 bits per heavy atom. The molecule has 0 aliphatic heterocycles. The molecule has 0 aliphatic rings.